The Morgan fingerprint density at radius 2 is 1.96 bits per heavy atom. The molecule has 4 aromatic rings. The molecule has 1 fully saturated rings. The minimum Gasteiger partial charge on any atom is -0.363 e. The number of fused-ring (bicyclic) bond motifs is 1. The molecule has 1 aliphatic rings. The van der Waals surface area contributed by atoms with E-state index >= 15 is 0 Å². The Balaban J connectivity index is 1.37. The fourth-order valence-electron chi connectivity index (χ4n) is 3.42. The molecule has 5 rings (SSSR count). The van der Waals surface area contributed by atoms with Gasteiger partial charge in [-0.25, -0.2) is 14.6 Å². The van der Waals surface area contributed by atoms with E-state index in [0.29, 0.717) is 5.92 Å². The Hall–Kier alpha value is -2.80. The van der Waals surface area contributed by atoms with Gasteiger partial charge in [-0.2, -0.15) is 0 Å². The molecule has 1 N–H and O–H groups in total. The third kappa shape index (κ3) is 2.98. The Morgan fingerprint density at radius 1 is 1.15 bits per heavy atom. The molecular formula is C20H20N6S. The maximum atomic E-state index is 4.41. The summed E-state index contributed by atoms with van der Waals surface area (Å²) in [6.07, 6.45) is 4.09. The Labute approximate surface area is 161 Å². The Bertz CT molecular complexity index is 1090. The average molecular weight is 376 g/mol. The summed E-state index contributed by atoms with van der Waals surface area (Å²) in [4.78, 5) is 9.72. The van der Waals surface area contributed by atoms with Gasteiger partial charge in [0.2, 0.25) is 0 Å². The van der Waals surface area contributed by atoms with Crippen molar-refractivity contribution in [2.75, 3.05) is 5.32 Å². The van der Waals surface area contributed by atoms with E-state index in [1.807, 2.05) is 10.1 Å². The summed E-state index contributed by atoms with van der Waals surface area (Å²) in [5, 5.41) is 15.3. The maximum absolute atomic E-state index is 4.41. The maximum Gasteiger partial charge on any atom is 0.138 e. The third-order valence-corrected chi connectivity index (χ3v) is 5.97. The zero-order valence-corrected chi connectivity index (χ0v) is 16.1. The zero-order valence-electron chi connectivity index (χ0n) is 15.3. The highest BCUT2D eigenvalue weighted by atomic mass is 32.1. The SMILES string of the molecule is Cc1c(C2CC2)nnn1-c1ccc(C(C)Nc2ncnc3sccc23)cc1. The van der Waals surface area contributed by atoms with E-state index in [-0.39, 0.29) is 6.04 Å². The summed E-state index contributed by atoms with van der Waals surface area (Å²) in [5.74, 6) is 1.49. The normalized spacial score (nSPS) is 15.2. The number of rotatable bonds is 5. The van der Waals surface area contributed by atoms with E-state index in [4.69, 9.17) is 0 Å². The zero-order chi connectivity index (χ0) is 18.4. The second kappa shape index (κ2) is 6.42. The van der Waals surface area contributed by atoms with Gasteiger partial charge in [0.1, 0.15) is 17.0 Å². The largest absolute Gasteiger partial charge is 0.363 e. The molecule has 1 aromatic carbocycles. The minimum atomic E-state index is 0.135. The molecule has 3 aromatic heterocycles. The van der Waals surface area contributed by atoms with Crippen LogP contribution in [0.5, 0.6) is 0 Å². The number of nitrogens with one attached hydrogen (secondary N) is 1. The van der Waals surface area contributed by atoms with Crippen molar-refractivity contribution in [1.29, 1.82) is 0 Å². The van der Waals surface area contributed by atoms with E-state index in [9.17, 15) is 0 Å². The molecule has 0 spiro atoms. The van der Waals surface area contributed by atoms with Gasteiger partial charge in [0, 0.05) is 12.0 Å². The lowest BCUT2D eigenvalue weighted by atomic mass is 10.1. The molecule has 0 saturated heterocycles. The highest BCUT2D eigenvalue weighted by Gasteiger charge is 2.29. The van der Waals surface area contributed by atoms with Crippen LogP contribution in [-0.4, -0.2) is 25.0 Å². The van der Waals surface area contributed by atoms with Crippen molar-refractivity contribution in [2.24, 2.45) is 0 Å². The molecule has 1 unspecified atom stereocenters. The molecule has 6 nitrogen and oxygen atoms in total. The van der Waals surface area contributed by atoms with Crippen molar-refractivity contribution >= 4 is 27.4 Å². The molecule has 27 heavy (non-hydrogen) atoms. The van der Waals surface area contributed by atoms with Gasteiger partial charge in [-0.1, -0.05) is 17.3 Å². The van der Waals surface area contributed by atoms with Crippen molar-refractivity contribution in [2.45, 2.75) is 38.6 Å². The summed E-state index contributed by atoms with van der Waals surface area (Å²) < 4.78 is 1.94. The van der Waals surface area contributed by atoms with Crippen LogP contribution in [0.3, 0.4) is 0 Å². The van der Waals surface area contributed by atoms with E-state index < -0.39 is 0 Å². The van der Waals surface area contributed by atoms with Crippen LogP contribution >= 0.6 is 11.3 Å². The lowest BCUT2D eigenvalue weighted by Crippen LogP contribution is -2.08. The van der Waals surface area contributed by atoms with Gasteiger partial charge < -0.3 is 5.32 Å². The van der Waals surface area contributed by atoms with Crippen molar-refractivity contribution in [1.82, 2.24) is 25.0 Å². The van der Waals surface area contributed by atoms with Gasteiger partial charge in [0.25, 0.3) is 0 Å². The van der Waals surface area contributed by atoms with Gasteiger partial charge in [0.05, 0.1) is 22.5 Å². The number of nitrogens with zero attached hydrogens (tertiary/aromatic N) is 5. The standard InChI is InChI=1S/C20H20N6S/c1-12(23-19-17-9-10-27-20(17)22-11-21-19)14-5-7-16(8-6-14)26-13(2)18(24-25-26)15-3-4-15/h5-12,15H,3-4H2,1-2H3,(H,21,22,23). The van der Waals surface area contributed by atoms with Crippen LogP contribution in [0.2, 0.25) is 0 Å². The Morgan fingerprint density at radius 3 is 2.74 bits per heavy atom. The molecule has 0 aliphatic heterocycles. The first kappa shape index (κ1) is 16.4. The summed E-state index contributed by atoms with van der Waals surface area (Å²) in [6.45, 7) is 4.24. The van der Waals surface area contributed by atoms with Crippen molar-refractivity contribution in [3.05, 3.63) is 59.0 Å². The quantitative estimate of drug-likeness (QED) is 0.550. The third-order valence-electron chi connectivity index (χ3n) is 5.15. The van der Waals surface area contributed by atoms with E-state index in [1.54, 1.807) is 17.7 Å². The van der Waals surface area contributed by atoms with Crippen LogP contribution in [-0.2, 0) is 0 Å². The van der Waals surface area contributed by atoms with Crippen LogP contribution in [0.15, 0.2) is 42.0 Å². The van der Waals surface area contributed by atoms with Crippen LogP contribution in [0.1, 0.15) is 48.7 Å². The van der Waals surface area contributed by atoms with Gasteiger partial charge >= 0.3 is 0 Å². The summed E-state index contributed by atoms with van der Waals surface area (Å²) in [5.41, 5.74) is 4.54. The predicted octanol–water partition coefficient (Wildman–Crippen LogP) is 4.63. The number of hydrogen-bond donors (Lipinski definition) is 1. The first-order valence-electron chi connectivity index (χ1n) is 9.18. The topological polar surface area (TPSA) is 68.5 Å². The van der Waals surface area contributed by atoms with E-state index in [2.05, 4.69) is 69.8 Å². The van der Waals surface area contributed by atoms with Gasteiger partial charge in [-0.05, 0) is 55.8 Å². The number of thiophene rings is 1. The first-order chi connectivity index (χ1) is 13.2. The highest BCUT2D eigenvalue weighted by Crippen LogP contribution is 2.40. The number of hydrogen-bond acceptors (Lipinski definition) is 6. The molecule has 0 amide bonds. The van der Waals surface area contributed by atoms with Crippen LogP contribution in [0, 0.1) is 6.92 Å². The Kier molecular flexibility index (Phi) is 3.89. The summed E-state index contributed by atoms with van der Waals surface area (Å²) in [6, 6.07) is 10.7. The molecule has 1 aliphatic carbocycles. The number of benzene rings is 1. The van der Waals surface area contributed by atoms with Gasteiger partial charge in [0.15, 0.2) is 0 Å². The van der Waals surface area contributed by atoms with Crippen LogP contribution in [0.25, 0.3) is 15.9 Å². The van der Waals surface area contributed by atoms with Gasteiger partial charge in [-0.15, -0.1) is 16.4 Å². The number of anilines is 1. The van der Waals surface area contributed by atoms with Crippen molar-refractivity contribution in [3.8, 4) is 5.69 Å². The summed E-state index contributed by atoms with van der Waals surface area (Å²) >= 11 is 1.63. The number of aromatic nitrogens is 5. The first-order valence-corrected chi connectivity index (χ1v) is 10.1. The fourth-order valence-corrected chi connectivity index (χ4v) is 4.15. The average Bonchev–Trinajstić information content (AvgIpc) is 3.27. The smallest absolute Gasteiger partial charge is 0.138 e. The molecule has 7 heteroatoms. The summed E-state index contributed by atoms with van der Waals surface area (Å²) in [7, 11) is 0. The molecule has 1 atom stereocenters. The molecule has 3 heterocycles. The molecular weight excluding hydrogens is 356 g/mol. The molecule has 136 valence electrons. The van der Waals surface area contributed by atoms with E-state index in [0.717, 1.165) is 33.1 Å². The lowest BCUT2D eigenvalue weighted by molar-refractivity contribution is 0.781. The second-order valence-corrected chi connectivity index (χ2v) is 7.96. The second-order valence-electron chi connectivity index (χ2n) is 7.07. The van der Waals surface area contributed by atoms with Crippen molar-refractivity contribution < 1.29 is 0 Å². The molecule has 0 radical (unpaired) electrons. The van der Waals surface area contributed by atoms with Crippen LogP contribution in [0.4, 0.5) is 5.82 Å². The molecule has 1 saturated carbocycles. The minimum absolute atomic E-state index is 0.135. The van der Waals surface area contributed by atoms with Crippen molar-refractivity contribution in [3.63, 3.8) is 0 Å². The van der Waals surface area contributed by atoms with E-state index in [1.165, 1.54) is 18.4 Å². The highest BCUT2D eigenvalue weighted by molar-refractivity contribution is 7.16. The fraction of sp³-hybridized carbons (Fsp3) is 0.300. The van der Waals surface area contributed by atoms with Crippen LogP contribution < -0.4 is 5.32 Å². The molecule has 0 bridgehead atoms. The monoisotopic (exact) mass is 376 g/mol. The van der Waals surface area contributed by atoms with Gasteiger partial charge in [-0.3, -0.25) is 0 Å². The lowest BCUT2D eigenvalue weighted by Gasteiger charge is -2.16. The predicted molar refractivity (Wildman–Crippen MR) is 108 cm³/mol.